The molecule has 1 saturated heterocycles. The van der Waals surface area contributed by atoms with E-state index in [2.05, 4.69) is 12.2 Å². The Labute approximate surface area is 89.2 Å². The molecule has 3 atom stereocenters. The van der Waals surface area contributed by atoms with Crippen molar-refractivity contribution in [2.45, 2.75) is 30.4 Å². The summed E-state index contributed by atoms with van der Waals surface area (Å²) in [6.45, 7) is 0. The van der Waals surface area contributed by atoms with Crippen LogP contribution in [0.5, 0.6) is 0 Å². The molecule has 14 heavy (non-hydrogen) atoms. The molecule has 2 aliphatic carbocycles. The molecule has 0 bridgehead atoms. The van der Waals surface area contributed by atoms with E-state index in [1.807, 2.05) is 0 Å². The first-order valence-electron chi connectivity index (χ1n) is 5.03. The minimum absolute atomic E-state index is 0.00694. The number of rotatable bonds is 0. The van der Waals surface area contributed by atoms with Crippen molar-refractivity contribution >= 4 is 21.4 Å². The molecule has 0 radical (unpaired) electrons. The highest BCUT2D eigenvalue weighted by atomic mass is 35.5. The van der Waals surface area contributed by atoms with Crippen LogP contribution in [0.2, 0.25) is 0 Å². The topological polar surface area (TPSA) is 34.1 Å². The average Bonchev–Trinajstić information content (AvgIpc) is 2.23. The Morgan fingerprint density at radius 3 is 2.50 bits per heavy atom. The van der Waals surface area contributed by atoms with Gasteiger partial charge in [0.25, 0.3) is 0 Å². The maximum Gasteiger partial charge on any atom is 0.168 e. The fourth-order valence-electron chi connectivity index (χ4n) is 3.55. The lowest BCUT2D eigenvalue weighted by molar-refractivity contribution is -0.0400. The predicted octanol–water partition coefficient (Wildman–Crippen LogP) is 2.10. The van der Waals surface area contributed by atoms with Crippen molar-refractivity contribution in [2.24, 2.45) is 10.8 Å². The van der Waals surface area contributed by atoms with Gasteiger partial charge in [0.15, 0.2) is 9.84 Å². The van der Waals surface area contributed by atoms with Crippen molar-refractivity contribution in [1.29, 1.82) is 0 Å². The summed E-state index contributed by atoms with van der Waals surface area (Å²) in [5.41, 5.74) is -0.102. The van der Waals surface area contributed by atoms with Crippen LogP contribution in [0.25, 0.3) is 0 Å². The summed E-state index contributed by atoms with van der Waals surface area (Å²) >= 11 is 6.14. The normalized spacial score (nSPS) is 53.4. The molecule has 2 fully saturated rings. The first-order chi connectivity index (χ1) is 6.53. The highest BCUT2D eigenvalue weighted by Crippen LogP contribution is 2.71. The quantitative estimate of drug-likeness (QED) is 0.474. The van der Waals surface area contributed by atoms with Gasteiger partial charge in [-0.05, 0) is 31.1 Å². The van der Waals surface area contributed by atoms with Crippen LogP contribution in [0.15, 0.2) is 12.2 Å². The number of alkyl halides is 1. The van der Waals surface area contributed by atoms with Crippen molar-refractivity contribution in [3.63, 3.8) is 0 Å². The van der Waals surface area contributed by atoms with Gasteiger partial charge in [-0.3, -0.25) is 0 Å². The first kappa shape index (κ1) is 9.22. The third kappa shape index (κ3) is 0.782. The van der Waals surface area contributed by atoms with Crippen molar-refractivity contribution in [2.75, 3.05) is 5.75 Å². The van der Waals surface area contributed by atoms with E-state index >= 15 is 0 Å². The summed E-state index contributed by atoms with van der Waals surface area (Å²) in [4.78, 5) is 0. The zero-order chi connectivity index (χ0) is 10.0. The molecule has 78 valence electrons. The Kier molecular flexibility index (Phi) is 1.57. The molecule has 0 amide bonds. The SMILES string of the molecule is O=S1(=O)C[C@]23CC=CC[C@@]2(CC3)[C@@H]1Cl. The number of allylic oxidation sites excluding steroid dienone is 2. The molecule has 0 aromatic rings. The van der Waals surface area contributed by atoms with E-state index in [9.17, 15) is 8.42 Å². The van der Waals surface area contributed by atoms with Gasteiger partial charge in [-0.1, -0.05) is 12.2 Å². The monoisotopic (exact) mass is 232 g/mol. The molecular formula is C10H13ClO2S. The van der Waals surface area contributed by atoms with Gasteiger partial charge >= 0.3 is 0 Å². The van der Waals surface area contributed by atoms with Gasteiger partial charge in [-0.2, -0.15) is 0 Å². The van der Waals surface area contributed by atoms with E-state index in [0.29, 0.717) is 5.75 Å². The highest BCUT2D eigenvalue weighted by molar-refractivity contribution is 7.93. The molecule has 0 N–H and O–H groups in total. The molecule has 0 aromatic carbocycles. The molecule has 1 saturated carbocycles. The zero-order valence-corrected chi connectivity index (χ0v) is 9.44. The number of hydrogen-bond donors (Lipinski definition) is 0. The van der Waals surface area contributed by atoms with Crippen LogP contribution >= 0.6 is 11.6 Å². The predicted molar refractivity (Wildman–Crippen MR) is 55.9 cm³/mol. The van der Waals surface area contributed by atoms with E-state index in [-0.39, 0.29) is 10.8 Å². The lowest BCUT2D eigenvalue weighted by Gasteiger charge is -2.57. The lowest BCUT2D eigenvalue weighted by atomic mass is 9.47. The number of hydrogen-bond acceptors (Lipinski definition) is 2. The van der Waals surface area contributed by atoms with Gasteiger partial charge in [0.2, 0.25) is 0 Å². The van der Waals surface area contributed by atoms with Gasteiger partial charge < -0.3 is 0 Å². The molecule has 1 aliphatic heterocycles. The summed E-state index contributed by atoms with van der Waals surface area (Å²) in [6, 6.07) is 0. The van der Waals surface area contributed by atoms with Gasteiger partial charge in [-0.15, -0.1) is 11.6 Å². The van der Waals surface area contributed by atoms with E-state index in [1.165, 1.54) is 0 Å². The number of sulfone groups is 1. The second kappa shape index (κ2) is 2.38. The average molecular weight is 233 g/mol. The van der Waals surface area contributed by atoms with Gasteiger partial charge in [0.05, 0.1) is 5.75 Å². The fourth-order valence-corrected chi connectivity index (χ4v) is 6.79. The van der Waals surface area contributed by atoms with Gasteiger partial charge in [0, 0.05) is 5.41 Å². The van der Waals surface area contributed by atoms with Crippen LogP contribution in [0, 0.1) is 10.8 Å². The summed E-state index contributed by atoms with van der Waals surface area (Å²) < 4.78 is 23.0. The molecule has 0 spiro atoms. The largest absolute Gasteiger partial charge is 0.227 e. The molecular weight excluding hydrogens is 220 g/mol. The maximum absolute atomic E-state index is 11.8. The highest BCUT2D eigenvalue weighted by Gasteiger charge is 2.71. The van der Waals surface area contributed by atoms with E-state index in [0.717, 1.165) is 25.7 Å². The number of halogens is 1. The van der Waals surface area contributed by atoms with Crippen molar-refractivity contribution in [3.05, 3.63) is 12.2 Å². The van der Waals surface area contributed by atoms with Crippen LogP contribution in [0.3, 0.4) is 0 Å². The summed E-state index contributed by atoms with van der Waals surface area (Å²) in [7, 11) is -3.04. The van der Waals surface area contributed by atoms with Gasteiger partial charge in [-0.25, -0.2) is 8.42 Å². The first-order valence-corrected chi connectivity index (χ1v) is 7.18. The Balaban J connectivity index is 2.16. The van der Waals surface area contributed by atoms with Crippen LogP contribution in [0.1, 0.15) is 25.7 Å². The van der Waals surface area contributed by atoms with Crippen LogP contribution in [-0.2, 0) is 9.84 Å². The fraction of sp³-hybridized carbons (Fsp3) is 0.800. The van der Waals surface area contributed by atoms with Crippen molar-refractivity contribution in [3.8, 4) is 0 Å². The standard InChI is InChI=1S/C10H13ClO2S/c11-8-10-4-2-1-3-9(10,5-6-10)7-14(8,12)13/h1-2,8H,3-7H2/t8-,9-,10-/m1/s1. The molecule has 0 aromatic heterocycles. The molecule has 4 heteroatoms. The van der Waals surface area contributed by atoms with E-state index in [1.54, 1.807) is 0 Å². The Hall–Kier alpha value is -0.0200. The zero-order valence-electron chi connectivity index (χ0n) is 7.87. The smallest absolute Gasteiger partial charge is 0.168 e. The molecule has 0 unspecified atom stereocenters. The molecule has 3 rings (SSSR count). The van der Waals surface area contributed by atoms with Crippen LogP contribution < -0.4 is 0 Å². The van der Waals surface area contributed by atoms with Crippen LogP contribution in [0.4, 0.5) is 0 Å². The van der Waals surface area contributed by atoms with Crippen LogP contribution in [-0.4, -0.2) is 18.9 Å². The Morgan fingerprint density at radius 2 is 1.93 bits per heavy atom. The van der Waals surface area contributed by atoms with Crippen molar-refractivity contribution < 1.29 is 8.42 Å². The molecule has 2 nitrogen and oxygen atoms in total. The van der Waals surface area contributed by atoms with Gasteiger partial charge in [0.1, 0.15) is 4.71 Å². The summed E-state index contributed by atoms with van der Waals surface area (Å²) in [5.74, 6) is 0.318. The Bertz CT molecular complexity index is 414. The summed E-state index contributed by atoms with van der Waals surface area (Å²) in [6.07, 6.45) is 8.04. The second-order valence-electron chi connectivity index (χ2n) is 4.94. The molecule has 3 aliphatic rings. The van der Waals surface area contributed by atoms with E-state index in [4.69, 9.17) is 11.6 Å². The second-order valence-corrected chi connectivity index (χ2v) is 7.72. The Morgan fingerprint density at radius 1 is 1.21 bits per heavy atom. The van der Waals surface area contributed by atoms with Crippen molar-refractivity contribution in [1.82, 2.24) is 0 Å². The minimum atomic E-state index is -3.04. The minimum Gasteiger partial charge on any atom is -0.227 e. The van der Waals surface area contributed by atoms with E-state index < -0.39 is 14.5 Å². The maximum atomic E-state index is 11.8. The lowest BCUT2D eigenvalue weighted by Crippen LogP contribution is -2.53. The third-order valence-corrected chi connectivity index (χ3v) is 7.76. The summed E-state index contributed by atoms with van der Waals surface area (Å²) in [5, 5.41) is 0. The third-order valence-electron chi connectivity index (χ3n) is 4.49. The molecule has 1 heterocycles.